The Morgan fingerprint density at radius 1 is 1.54 bits per heavy atom. The van der Waals surface area contributed by atoms with E-state index in [0.717, 1.165) is 15.6 Å². The highest BCUT2D eigenvalue weighted by Crippen LogP contribution is 2.26. The molecule has 1 aromatic carbocycles. The van der Waals surface area contributed by atoms with Crippen LogP contribution in [0.1, 0.15) is 23.7 Å². The molecule has 0 heterocycles. The van der Waals surface area contributed by atoms with Gasteiger partial charge in [-0.1, -0.05) is 33.6 Å². The number of rotatable bonds is 3. The highest BCUT2D eigenvalue weighted by atomic mass is 79.9. The van der Waals surface area contributed by atoms with Gasteiger partial charge in [-0.2, -0.15) is 0 Å². The number of aliphatic hydroxyl groups is 1. The number of nitrogens with two attached hydrogens (primary N) is 1. The first-order chi connectivity index (χ1) is 6.15. The summed E-state index contributed by atoms with van der Waals surface area (Å²) in [6.07, 6.45) is 0.140. The minimum Gasteiger partial charge on any atom is -0.388 e. The lowest BCUT2D eigenvalue weighted by molar-refractivity contribution is 0.169. The Morgan fingerprint density at radius 2 is 2.23 bits per heavy atom. The van der Waals surface area contributed by atoms with E-state index in [9.17, 15) is 5.11 Å². The molecule has 0 amide bonds. The molecule has 0 saturated heterocycles. The fourth-order valence-electron chi connectivity index (χ4n) is 1.23. The van der Waals surface area contributed by atoms with Crippen LogP contribution in [-0.2, 0) is 0 Å². The second-order valence-electron chi connectivity index (χ2n) is 3.12. The average molecular weight is 244 g/mol. The van der Waals surface area contributed by atoms with Crippen molar-refractivity contribution in [3.05, 3.63) is 33.8 Å². The first-order valence-corrected chi connectivity index (χ1v) is 5.08. The predicted molar refractivity (Wildman–Crippen MR) is 57.5 cm³/mol. The molecule has 13 heavy (non-hydrogen) atoms. The van der Waals surface area contributed by atoms with Crippen LogP contribution in [0.2, 0.25) is 0 Å². The van der Waals surface area contributed by atoms with Gasteiger partial charge >= 0.3 is 0 Å². The SMILES string of the molecule is Cc1ccc(Br)c([C@@H](O)CCN)c1. The van der Waals surface area contributed by atoms with Crippen molar-refractivity contribution in [3.63, 3.8) is 0 Å². The summed E-state index contributed by atoms with van der Waals surface area (Å²) in [6.45, 7) is 2.51. The van der Waals surface area contributed by atoms with E-state index in [-0.39, 0.29) is 0 Å². The summed E-state index contributed by atoms with van der Waals surface area (Å²) < 4.78 is 0.944. The van der Waals surface area contributed by atoms with Gasteiger partial charge in [-0.25, -0.2) is 0 Å². The van der Waals surface area contributed by atoms with Gasteiger partial charge in [0.05, 0.1) is 6.10 Å². The molecule has 0 aliphatic heterocycles. The van der Waals surface area contributed by atoms with Gasteiger partial charge < -0.3 is 10.8 Å². The van der Waals surface area contributed by atoms with Crippen LogP contribution in [0.25, 0.3) is 0 Å². The summed E-state index contributed by atoms with van der Waals surface area (Å²) in [7, 11) is 0. The first kappa shape index (κ1) is 10.7. The van der Waals surface area contributed by atoms with E-state index in [4.69, 9.17) is 5.73 Å². The lowest BCUT2D eigenvalue weighted by Crippen LogP contribution is -2.07. The topological polar surface area (TPSA) is 46.2 Å². The molecule has 1 rings (SSSR count). The number of hydrogen-bond donors (Lipinski definition) is 2. The van der Waals surface area contributed by atoms with Crippen molar-refractivity contribution in [3.8, 4) is 0 Å². The predicted octanol–water partition coefficient (Wildman–Crippen LogP) is 2.14. The van der Waals surface area contributed by atoms with E-state index in [1.807, 2.05) is 25.1 Å². The molecule has 0 saturated carbocycles. The molecule has 0 aliphatic rings. The fourth-order valence-corrected chi connectivity index (χ4v) is 1.74. The molecule has 72 valence electrons. The average Bonchev–Trinajstić information content (AvgIpc) is 2.09. The van der Waals surface area contributed by atoms with Crippen molar-refractivity contribution in [1.82, 2.24) is 0 Å². The van der Waals surface area contributed by atoms with E-state index < -0.39 is 6.10 Å². The molecule has 0 unspecified atom stereocenters. The van der Waals surface area contributed by atoms with Gasteiger partial charge in [-0.05, 0) is 31.5 Å². The number of aryl methyl sites for hydroxylation is 1. The molecule has 0 aromatic heterocycles. The Kier molecular flexibility index (Phi) is 3.90. The quantitative estimate of drug-likeness (QED) is 0.855. The maximum atomic E-state index is 9.72. The van der Waals surface area contributed by atoms with Crippen LogP contribution >= 0.6 is 15.9 Å². The normalized spacial score (nSPS) is 12.9. The third-order valence-electron chi connectivity index (χ3n) is 1.95. The van der Waals surface area contributed by atoms with Crippen LogP contribution in [0.3, 0.4) is 0 Å². The van der Waals surface area contributed by atoms with Crippen LogP contribution in [-0.4, -0.2) is 11.7 Å². The fraction of sp³-hybridized carbons (Fsp3) is 0.400. The van der Waals surface area contributed by atoms with Gasteiger partial charge in [-0.15, -0.1) is 0 Å². The Hall–Kier alpha value is -0.380. The van der Waals surface area contributed by atoms with Crippen LogP contribution in [0, 0.1) is 6.92 Å². The molecule has 0 fully saturated rings. The molecule has 0 aliphatic carbocycles. The van der Waals surface area contributed by atoms with E-state index in [0.29, 0.717) is 13.0 Å². The van der Waals surface area contributed by atoms with Crippen LogP contribution in [0.15, 0.2) is 22.7 Å². The maximum Gasteiger partial charge on any atom is 0.0813 e. The van der Waals surface area contributed by atoms with E-state index >= 15 is 0 Å². The second-order valence-corrected chi connectivity index (χ2v) is 3.97. The monoisotopic (exact) mass is 243 g/mol. The van der Waals surface area contributed by atoms with Gasteiger partial charge in [0.1, 0.15) is 0 Å². The van der Waals surface area contributed by atoms with Gasteiger partial charge in [0.25, 0.3) is 0 Å². The van der Waals surface area contributed by atoms with Gasteiger partial charge in [0.2, 0.25) is 0 Å². The Balaban J connectivity index is 2.91. The summed E-state index contributed by atoms with van der Waals surface area (Å²) in [5.74, 6) is 0. The molecule has 3 heteroatoms. The molecular formula is C10H14BrNO. The van der Waals surface area contributed by atoms with Gasteiger partial charge in [0.15, 0.2) is 0 Å². The van der Waals surface area contributed by atoms with Crippen molar-refractivity contribution < 1.29 is 5.11 Å². The smallest absolute Gasteiger partial charge is 0.0813 e. The van der Waals surface area contributed by atoms with Crippen molar-refractivity contribution >= 4 is 15.9 Å². The lowest BCUT2D eigenvalue weighted by Gasteiger charge is -2.12. The zero-order chi connectivity index (χ0) is 9.84. The number of benzene rings is 1. The van der Waals surface area contributed by atoms with Crippen molar-refractivity contribution in [2.24, 2.45) is 5.73 Å². The van der Waals surface area contributed by atoms with Gasteiger partial charge in [-0.3, -0.25) is 0 Å². The van der Waals surface area contributed by atoms with Crippen molar-refractivity contribution in [2.75, 3.05) is 6.54 Å². The second kappa shape index (κ2) is 4.74. The zero-order valence-corrected chi connectivity index (χ0v) is 9.21. The number of hydrogen-bond acceptors (Lipinski definition) is 2. The van der Waals surface area contributed by atoms with Crippen LogP contribution in [0.5, 0.6) is 0 Å². The summed E-state index contributed by atoms with van der Waals surface area (Å²) in [5.41, 5.74) is 7.45. The highest BCUT2D eigenvalue weighted by Gasteiger charge is 2.09. The Morgan fingerprint density at radius 3 is 2.85 bits per heavy atom. The minimum atomic E-state index is -0.459. The molecule has 0 bridgehead atoms. The zero-order valence-electron chi connectivity index (χ0n) is 7.63. The molecule has 0 radical (unpaired) electrons. The van der Waals surface area contributed by atoms with E-state index in [1.165, 1.54) is 0 Å². The summed E-state index contributed by atoms with van der Waals surface area (Å²) in [4.78, 5) is 0. The molecule has 1 atom stereocenters. The molecule has 3 N–H and O–H groups in total. The maximum absolute atomic E-state index is 9.72. The molecule has 2 nitrogen and oxygen atoms in total. The third-order valence-corrected chi connectivity index (χ3v) is 2.67. The Bertz CT molecular complexity index is 288. The van der Waals surface area contributed by atoms with Crippen LogP contribution in [0.4, 0.5) is 0 Å². The van der Waals surface area contributed by atoms with E-state index in [1.54, 1.807) is 0 Å². The molecule has 1 aromatic rings. The number of halogens is 1. The largest absolute Gasteiger partial charge is 0.388 e. The van der Waals surface area contributed by atoms with Crippen molar-refractivity contribution in [2.45, 2.75) is 19.4 Å². The first-order valence-electron chi connectivity index (χ1n) is 4.29. The number of aliphatic hydroxyl groups excluding tert-OH is 1. The highest BCUT2D eigenvalue weighted by molar-refractivity contribution is 9.10. The summed E-state index contributed by atoms with van der Waals surface area (Å²) in [5, 5.41) is 9.72. The minimum absolute atomic E-state index is 0.459. The lowest BCUT2D eigenvalue weighted by atomic mass is 10.0. The summed E-state index contributed by atoms with van der Waals surface area (Å²) >= 11 is 3.40. The Labute approximate surface area is 86.9 Å². The van der Waals surface area contributed by atoms with E-state index in [2.05, 4.69) is 15.9 Å². The molecular weight excluding hydrogens is 230 g/mol. The summed E-state index contributed by atoms with van der Waals surface area (Å²) in [6, 6.07) is 5.93. The van der Waals surface area contributed by atoms with Crippen LogP contribution < -0.4 is 5.73 Å². The molecule has 0 spiro atoms. The van der Waals surface area contributed by atoms with Crippen molar-refractivity contribution in [1.29, 1.82) is 0 Å². The van der Waals surface area contributed by atoms with Gasteiger partial charge in [0, 0.05) is 4.47 Å². The third kappa shape index (κ3) is 2.79. The standard InChI is InChI=1S/C10H14BrNO/c1-7-2-3-9(11)8(6-7)10(13)4-5-12/h2-3,6,10,13H,4-5,12H2,1H3/t10-/m0/s1.